The number of aromatic nitrogens is 4. The molecule has 9 heteroatoms. The Morgan fingerprint density at radius 2 is 2.16 bits per heavy atom. The number of rotatable bonds is 2. The highest BCUT2D eigenvalue weighted by atomic mass is 16.6. The van der Waals surface area contributed by atoms with Crippen molar-refractivity contribution in [1.29, 1.82) is 0 Å². The zero-order valence-electron chi connectivity index (χ0n) is 10.7. The summed E-state index contributed by atoms with van der Waals surface area (Å²) in [6.07, 6.45) is -3.68. The molecule has 0 unspecified atom stereocenters. The third-order valence-electron chi connectivity index (χ3n) is 3.01. The summed E-state index contributed by atoms with van der Waals surface area (Å²) >= 11 is 0. The van der Waals surface area contributed by atoms with Gasteiger partial charge in [0.1, 0.15) is 30.2 Å². The van der Waals surface area contributed by atoms with E-state index in [9.17, 15) is 10.2 Å². The van der Waals surface area contributed by atoms with Crippen molar-refractivity contribution in [3.8, 4) is 0 Å². The molecule has 4 atom stereocenters. The minimum absolute atomic E-state index is 0.129. The Morgan fingerprint density at radius 3 is 2.84 bits per heavy atom. The van der Waals surface area contributed by atoms with Crippen LogP contribution in [0.3, 0.4) is 0 Å². The Bertz CT molecular complexity index is 652. The Hall–Kier alpha value is -1.81. The summed E-state index contributed by atoms with van der Waals surface area (Å²) in [5.41, 5.74) is 6.10. The highest BCUT2D eigenvalue weighted by Gasteiger charge is 2.43. The summed E-state index contributed by atoms with van der Waals surface area (Å²) in [7, 11) is 0. The molecule has 5 N–H and O–H groups in total. The average Bonchev–Trinajstić information content (AvgIpc) is 2.96. The number of hydrogen-bond acceptors (Lipinski definition) is 8. The summed E-state index contributed by atoms with van der Waals surface area (Å²) in [6, 6.07) is 0. The third-order valence-corrected chi connectivity index (χ3v) is 3.01. The van der Waals surface area contributed by atoms with Crippen LogP contribution in [0.1, 0.15) is 7.57 Å². The van der Waals surface area contributed by atoms with Gasteiger partial charge in [0.25, 0.3) is 0 Å². The smallest absolute Gasteiger partial charge is 0.167 e. The summed E-state index contributed by atoms with van der Waals surface area (Å²) < 4.78 is 14.6. The number of nitrogens with zero attached hydrogens (tertiary/aromatic N) is 4. The van der Waals surface area contributed by atoms with E-state index < -0.39 is 31.1 Å². The molecule has 3 rings (SSSR count). The second kappa shape index (κ2) is 4.38. The number of aliphatic hydroxyl groups is 3. The molecule has 0 radical (unpaired) electrons. The number of imidazole rings is 1. The number of ether oxygens (including phenoxy) is 1. The van der Waals surface area contributed by atoms with Crippen LogP contribution in [0.25, 0.3) is 11.2 Å². The van der Waals surface area contributed by atoms with Crippen molar-refractivity contribution in [3.63, 3.8) is 0 Å². The van der Waals surface area contributed by atoms with Gasteiger partial charge in [-0.15, -0.1) is 0 Å². The normalized spacial score (nSPS) is 35.7. The first-order valence-electron chi connectivity index (χ1n) is 6.08. The minimum atomic E-state index is -2.05. The average molecular weight is 268 g/mol. The standard InChI is InChI=1S/C10H13N5O4/c11-8-5-9(13-2-12-8)15(3-14-5)10-7(18)6(17)4(1-16)19-10/h2-4,6-7,10,16-18H,1H2,(H2,11,12,13)/t4-,6-,7-,10-/m1/s1/i10D. The molecule has 0 aromatic carbocycles. The molecule has 0 saturated carbocycles. The minimum Gasteiger partial charge on any atom is -0.394 e. The predicted molar refractivity (Wildman–Crippen MR) is 62.7 cm³/mol. The highest BCUT2D eigenvalue weighted by molar-refractivity contribution is 5.81. The van der Waals surface area contributed by atoms with Gasteiger partial charge in [-0.25, -0.2) is 15.0 Å². The van der Waals surface area contributed by atoms with Gasteiger partial charge in [-0.1, -0.05) is 0 Å². The molecule has 0 spiro atoms. The molecule has 9 nitrogen and oxygen atoms in total. The van der Waals surface area contributed by atoms with Gasteiger partial charge in [0.05, 0.1) is 14.3 Å². The number of hydrogen-bond donors (Lipinski definition) is 4. The number of nitrogen functional groups attached to an aromatic ring is 1. The molecular weight excluding hydrogens is 254 g/mol. The lowest BCUT2D eigenvalue weighted by Gasteiger charge is -2.16. The fourth-order valence-electron chi connectivity index (χ4n) is 2.00. The van der Waals surface area contributed by atoms with Crippen molar-refractivity contribution in [2.45, 2.75) is 24.5 Å². The van der Waals surface area contributed by atoms with Crippen molar-refractivity contribution in [2.75, 3.05) is 12.3 Å². The predicted octanol–water partition coefficient (Wildman–Crippen LogP) is -1.98. The summed E-state index contributed by atoms with van der Waals surface area (Å²) in [6.45, 7) is -0.525. The fraction of sp³-hybridized carbons (Fsp3) is 0.500. The quantitative estimate of drug-likeness (QED) is 0.491. The lowest BCUT2D eigenvalue weighted by atomic mass is 10.1. The van der Waals surface area contributed by atoms with Gasteiger partial charge in [-0.05, 0) is 0 Å². The summed E-state index contributed by atoms with van der Waals surface area (Å²) in [4.78, 5) is 11.7. The first-order valence-corrected chi connectivity index (χ1v) is 5.58. The second-order valence-electron chi connectivity index (χ2n) is 4.16. The van der Waals surface area contributed by atoms with Gasteiger partial charge in [0.2, 0.25) is 0 Å². The van der Waals surface area contributed by atoms with Crippen LogP contribution in [-0.2, 0) is 4.74 Å². The maximum Gasteiger partial charge on any atom is 0.167 e. The van der Waals surface area contributed by atoms with Crippen molar-refractivity contribution in [2.24, 2.45) is 0 Å². The molecule has 102 valence electrons. The van der Waals surface area contributed by atoms with Crippen LogP contribution in [0, 0.1) is 0 Å². The Kier molecular flexibility index (Phi) is 2.55. The van der Waals surface area contributed by atoms with Gasteiger partial charge < -0.3 is 25.8 Å². The monoisotopic (exact) mass is 268 g/mol. The van der Waals surface area contributed by atoms with Crippen molar-refractivity contribution in [1.82, 2.24) is 19.5 Å². The number of nitrogens with two attached hydrogens (primary N) is 1. The number of aliphatic hydroxyl groups excluding tert-OH is 3. The zero-order valence-corrected chi connectivity index (χ0v) is 9.71. The van der Waals surface area contributed by atoms with Crippen LogP contribution >= 0.6 is 0 Å². The van der Waals surface area contributed by atoms with E-state index in [1.165, 1.54) is 12.7 Å². The molecule has 1 saturated heterocycles. The van der Waals surface area contributed by atoms with Crippen LogP contribution in [0.4, 0.5) is 5.82 Å². The maximum atomic E-state index is 10.0. The van der Waals surface area contributed by atoms with E-state index in [0.29, 0.717) is 0 Å². The first kappa shape index (κ1) is 11.1. The SMILES string of the molecule is [2H][C@@]1(n2cnc3c(N)ncnc32)O[C@H](CO)[C@@H](O)[C@H]1O. The van der Waals surface area contributed by atoms with Crippen LogP contribution < -0.4 is 5.73 Å². The molecule has 19 heavy (non-hydrogen) atoms. The molecule has 0 aliphatic carbocycles. The molecule has 0 amide bonds. The van der Waals surface area contributed by atoms with Gasteiger partial charge in [-0.2, -0.15) is 0 Å². The number of fused-ring (bicyclic) bond motifs is 1. The zero-order chi connectivity index (χ0) is 14.5. The lowest BCUT2D eigenvalue weighted by Crippen LogP contribution is -2.33. The lowest BCUT2D eigenvalue weighted by molar-refractivity contribution is -0.0511. The van der Waals surface area contributed by atoms with E-state index in [2.05, 4.69) is 15.0 Å². The van der Waals surface area contributed by atoms with E-state index in [4.69, 9.17) is 16.9 Å². The molecular formula is C10H13N5O4. The molecule has 1 fully saturated rings. The molecule has 1 aliphatic rings. The van der Waals surface area contributed by atoms with Crippen molar-refractivity contribution in [3.05, 3.63) is 12.7 Å². The first-order chi connectivity index (χ1) is 9.49. The molecule has 1 aliphatic heterocycles. The summed E-state index contributed by atoms with van der Waals surface area (Å²) in [5, 5.41) is 28.9. The topological polar surface area (TPSA) is 140 Å². The third kappa shape index (κ3) is 1.75. The Balaban J connectivity index is 2.13. The van der Waals surface area contributed by atoms with E-state index in [-0.39, 0.29) is 17.0 Å². The maximum absolute atomic E-state index is 10.0. The molecule has 2 aromatic heterocycles. The molecule has 0 bridgehead atoms. The summed E-state index contributed by atoms with van der Waals surface area (Å²) in [5.74, 6) is 0.129. The highest BCUT2D eigenvalue weighted by Crippen LogP contribution is 2.31. The fourth-order valence-corrected chi connectivity index (χ4v) is 2.00. The molecule has 3 heterocycles. The van der Waals surface area contributed by atoms with E-state index in [1.807, 2.05) is 0 Å². The molecule has 2 aromatic rings. The van der Waals surface area contributed by atoms with Crippen LogP contribution in [0.5, 0.6) is 0 Å². The second-order valence-corrected chi connectivity index (χ2v) is 4.16. The van der Waals surface area contributed by atoms with Gasteiger partial charge in [0.15, 0.2) is 17.7 Å². The van der Waals surface area contributed by atoms with Gasteiger partial charge in [0, 0.05) is 0 Å². The van der Waals surface area contributed by atoms with Crippen molar-refractivity contribution < 1.29 is 21.4 Å². The van der Waals surface area contributed by atoms with Crippen LogP contribution in [-0.4, -0.2) is 59.8 Å². The van der Waals surface area contributed by atoms with Crippen molar-refractivity contribution >= 4 is 17.0 Å². The van der Waals surface area contributed by atoms with Gasteiger partial charge in [-0.3, -0.25) is 4.57 Å². The van der Waals surface area contributed by atoms with E-state index in [0.717, 1.165) is 4.57 Å². The van der Waals surface area contributed by atoms with Crippen LogP contribution in [0.15, 0.2) is 12.7 Å². The largest absolute Gasteiger partial charge is 0.394 e. The van der Waals surface area contributed by atoms with E-state index in [1.54, 1.807) is 0 Å². The van der Waals surface area contributed by atoms with Crippen LogP contribution in [0.2, 0.25) is 0 Å². The number of anilines is 1. The Morgan fingerprint density at radius 1 is 1.37 bits per heavy atom. The van der Waals surface area contributed by atoms with E-state index >= 15 is 0 Å². The van der Waals surface area contributed by atoms with Gasteiger partial charge >= 0.3 is 0 Å². The Labute approximate surface area is 108 Å².